The van der Waals surface area contributed by atoms with Crippen LogP contribution in [-0.2, 0) is 14.2 Å². The molecule has 0 saturated carbocycles. The lowest BCUT2D eigenvalue weighted by Crippen LogP contribution is -2.24. The highest BCUT2D eigenvalue weighted by Gasteiger charge is 2.15. The van der Waals surface area contributed by atoms with E-state index in [4.69, 9.17) is 14.2 Å². The van der Waals surface area contributed by atoms with E-state index in [1.54, 1.807) is 0 Å². The Balaban J connectivity index is 1.68. The van der Waals surface area contributed by atoms with Gasteiger partial charge in [-0.25, -0.2) is 0 Å². The molecule has 0 aromatic carbocycles. The molecule has 1 radical (unpaired) electrons. The van der Waals surface area contributed by atoms with Gasteiger partial charge >= 0.3 is 0 Å². The first-order valence-electron chi connectivity index (χ1n) is 6.26. The topological polar surface area (TPSA) is 27.7 Å². The molecule has 0 bridgehead atoms. The van der Waals surface area contributed by atoms with Crippen LogP contribution in [0.4, 0.5) is 0 Å². The number of hydrogen-bond donors (Lipinski definition) is 0. The summed E-state index contributed by atoms with van der Waals surface area (Å²) in [6, 6.07) is 0. The lowest BCUT2D eigenvalue weighted by Gasteiger charge is -2.20. The minimum Gasteiger partial charge on any atom is -0.370 e. The fourth-order valence-electron chi connectivity index (χ4n) is 1.82. The fraction of sp³-hybridized carbons (Fsp3) is 0.400. The Morgan fingerprint density at radius 1 is 0.944 bits per heavy atom. The van der Waals surface area contributed by atoms with Crippen molar-refractivity contribution in [1.29, 1.82) is 0 Å². The SMILES string of the molecule is [CH2]COC(CCOC1C=CC=C1)OC1C=CC=C1. The first kappa shape index (κ1) is 13.3. The molecule has 0 N–H and O–H groups in total. The zero-order chi connectivity index (χ0) is 12.6. The van der Waals surface area contributed by atoms with Gasteiger partial charge in [-0.15, -0.1) is 0 Å². The molecule has 0 saturated heterocycles. The lowest BCUT2D eigenvalue weighted by atomic mass is 10.3. The highest BCUT2D eigenvalue weighted by Crippen LogP contribution is 2.12. The monoisotopic (exact) mass is 247 g/mol. The van der Waals surface area contributed by atoms with Crippen molar-refractivity contribution in [2.45, 2.75) is 24.9 Å². The van der Waals surface area contributed by atoms with E-state index in [0.717, 1.165) is 0 Å². The van der Waals surface area contributed by atoms with Gasteiger partial charge in [-0.05, 0) is 6.92 Å². The molecule has 0 amide bonds. The van der Waals surface area contributed by atoms with Crippen LogP contribution in [0.25, 0.3) is 0 Å². The van der Waals surface area contributed by atoms with Crippen LogP contribution in [0.2, 0.25) is 0 Å². The molecular weight excluding hydrogens is 228 g/mol. The molecule has 2 rings (SSSR count). The Labute approximate surface area is 108 Å². The van der Waals surface area contributed by atoms with Gasteiger partial charge in [-0.1, -0.05) is 48.6 Å². The molecule has 0 aromatic heterocycles. The minimum atomic E-state index is -0.269. The molecule has 0 heterocycles. The van der Waals surface area contributed by atoms with Gasteiger partial charge in [-0.3, -0.25) is 0 Å². The van der Waals surface area contributed by atoms with Crippen LogP contribution in [0, 0.1) is 6.92 Å². The maximum atomic E-state index is 5.76. The summed E-state index contributed by atoms with van der Waals surface area (Å²) in [6.45, 7) is 4.68. The van der Waals surface area contributed by atoms with Gasteiger partial charge in [0.2, 0.25) is 0 Å². The summed E-state index contributed by atoms with van der Waals surface area (Å²) in [4.78, 5) is 0. The van der Waals surface area contributed by atoms with E-state index < -0.39 is 0 Å². The normalized spacial score (nSPS) is 20.3. The summed E-state index contributed by atoms with van der Waals surface area (Å²) in [5.74, 6) is 0. The van der Waals surface area contributed by atoms with E-state index in [9.17, 15) is 0 Å². The van der Waals surface area contributed by atoms with Crippen LogP contribution in [0.3, 0.4) is 0 Å². The fourth-order valence-corrected chi connectivity index (χ4v) is 1.82. The summed E-state index contributed by atoms with van der Waals surface area (Å²) >= 11 is 0. The molecule has 18 heavy (non-hydrogen) atoms. The number of allylic oxidation sites excluding steroid dienone is 4. The molecular formula is C15H19O3. The van der Waals surface area contributed by atoms with Crippen LogP contribution < -0.4 is 0 Å². The zero-order valence-corrected chi connectivity index (χ0v) is 10.4. The molecule has 3 nitrogen and oxygen atoms in total. The average Bonchev–Trinajstić information content (AvgIpc) is 3.02. The summed E-state index contributed by atoms with van der Waals surface area (Å²) in [6.07, 6.45) is 16.4. The van der Waals surface area contributed by atoms with E-state index in [-0.39, 0.29) is 18.5 Å². The van der Waals surface area contributed by atoms with Crippen molar-refractivity contribution in [2.75, 3.05) is 13.2 Å². The molecule has 97 valence electrons. The third-order valence-corrected chi connectivity index (χ3v) is 2.70. The third kappa shape index (κ3) is 4.26. The van der Waals surface area contributed by atoms with Gasteiger partial charge < -0.3 is 14.2 Å². The summed E-state index contributed by atoms with van der Waals surface area (Å²) in [7, 11) is 0. The maximum Gasteiger partial charge on any atom is 0.161 e. The molecule has 2 aliphatic carbocycles. The highest BCUT2D eigenvalue weighted by atomic mass is 16.7. The van der Waals surface area contributed by atoms with E-state index in [1.165, 1.54) is 0 Å². The highest BCUT2D eigenvalue weighted by molar-refractivity contribution is 5.19. The van der Waals surface area contributed by atoms with Crippen LogP contribution in [0.15, 0.2) is 48.6 Å². The van der Waals surface area contributed by atoms with Crippen molar-refractivity contribution in [2.24, 2.45) is 0 Å². The van der Waals surface area contributed by atoms with Crippen LogP contribution in [0.5, 0.6) is 0 Å². The standard InChI is InChI=1S/C15H19O3/c1-2-16-15(18-14-9-5-6-10-14)11-12-17-13-7-3-4-8-13/h3-10,13-15H,1-2,11-12H2. The molecule has 2 aliphatic rings. The Kier molecular flexibility index (Phi) is 5.39. The molecule has 0 fully saturated rings. The van der Waals surface area contributed by atoms with Crippen LogP contribution >= 0.6 is 0 Å². The summed E-state index contributed by atoms with van der Waals surface area (Å²) in [5, 5.41) is 0. The van der Waals surface area contributed by atoms with Crippen LogP contribution in [-0.4, -0.2) is 31.7 Å². The van der Waals surface area contributed by atoms with E-state index in [2.05, 4.69) is 6.92 Å². The molecule has 1 unspecified atom stereocenters. The number of rotatable bonds is 8. The number of hydrogen-bond acceptors (Lipinski definition) is 3. The average molecular weight is 247 g/mol. The lowest BCUT2D eigenvalue weighted by molar-refractivity contribution is -0.154. The van der Waals surface area contributed by atoms with Gasteiger partial charge in [-0.2, -0.15) is 0 Å². The van der Waals surface area contributed by atoms with Crippen molar-refractivity contribution in [3.8, 4) is 0 Å². The summed E-state index contributed by atoms with van der Waals surface area (Å²) in [5.41, 5.74) is 0. The maximum absolute atomic E-state index is 5.76. The van der Waals surface area contributed by atoms with Crippen molar-refractivity contribution in [3.05, 3.63) is 55.5 Å². The predicted octanol–water partition coefficient (Wildman–Crippen LogP) is 2.58. The second kappa shape index (κ2) is 7.31. The zero-order valence-electron chi connectivity index (χ0n) is 10.4. The van der Waals surface area contributed by atoms with Gasteiger partial charge in [0.05, 0.1) is 18.8 Å². The predicted molar refractivity (Wildman–Crippen MR) is 70.9 cm³/mol. The second-order valence-electron chi connectivity index (χ2n) is 4.06. The first-order chi connectivity index (χ1) is 8.88. The van der Waals surface area contributed by atoms with Gasteiger partial charge in [0, 0.05) is 13.0 Å². The Morgan fingerprint density at radius 3 is 2.17 bits per heavy atom. The van der Waals surface area contributed by atoms with Gasteiger partial charge in [0.25, 0.3) is 0 Å². The first-order valence-corrected chi connectivity index (χ1v) is 6.26. The smallest absolute Gasteiger partial charge is 0.161 e. The van der Waals surface area contributed by atoms with Crippen molar-refractivity contribution >= 4 is 0 Å². The molecule has 0 aliphatic heterocycles. The largest absolute Gasteiger partial charge is 0.370 e. The van der Waals surface area contributed by atoms with Gasteiger partial charge in [0.1, 0.15) is 0 Å². The quantitative estimate of drug-likeness (QED) is 0.617. The molecule has 3 heteroatoms. The number of ether oxygens (including phenoxy) is 3. The molecule has 0 spiro atoms. The summed E-state index contributed by atoms with van der Waals surface area (Å²) < 4.78 is 16.9. The Bertz CT molecular complexity index is 331. The van der Waals surface area contributed by atoms with Gasteiger partial charge in [0.15, 0.2) is 6.29 Å². The van der Waals surface area contributed by atoms with Crippen molar-refractivity contribution < 1.29 is 14.2 Å². The Morgan fingerprint density at radius 2 is 1.56 bits per heavy atom. The van der Waals surface area contributed by atoms with Crippen molar-refractivity contribution in [1.82, 2.24) is 0 Å². The van der Waals surface area contributed by atoms with Crippen molar-refractivity contribution in [3.63, 3.8) is 0 Å². The third-order valence-electron chi connectivity index (χ3n) is 2.70. The second-order valence-corrected chi connectivity index (χ2v) is 4.06. The molecule has 0 aromatic rings. The van der Waals surface area contributed by atoms with E-state index in [1.807, 2.05) is 48.6 Å². The minimum absolute atomic E-state index is 0.00724. The van der Waals surface area contributed by atoms with Crippen LogP contribution in [0.1, 0.15) is 6.42 Å². The Hall–Kier alpha value is -1.16. The molecule has 1 atom stereocenters. The van der Waals surface area contributed by atoms with E-state index >= 15 is 0 Å². The van der Waals surface area contributed by atoms with E-state index in [0.29, 0.717) is 19.6 Å².